The molecular formula is C21H25N3O4. The fraction of sp³-hybridized carbons (Fsp3) is 0.286. The Morgan fingerprint density at radius 3 is 1.96 bits per heavy atom. The molecule has 2 rings (SSSR count). The minimum Gasteiger partial charge on any atom is -0.497 e. The summed E-state index contributed by atoms with van der Waals surface area (Å²) in [6, 6.07) is 15.7. The Morgan fingerprint density at radius 2 is 1.32 bits per heavy atom. The molecule has 2 aromatic rings. The van der Waals surface area contributed by atoms with Gasteiger partial charge in [0.2, 0.25) is 5.91 Å². The molecule has 7 nitrogen and oxygen atoms in total. The van der Waals surface area contributed by atoms with E-state index in [1.54, 1.807) is 55.6 Å². The first-order chi connectivity index (χ1) is 13.6. The lowest BCUT2D eigenvalue weighted by atomic mass is 10.2. The first kappa shape index (κ1) is 21.0. The van der Waals surface area contributed by atoms with Crippen LogP contribution in [0.1, 0.15) is 33.6 Å². The SMILES string of the molecule is COc1ccc(C(=O)NCCCC(=O)NCCNC(=O)c2ccccc2)cc1. The van der Waals surface area contributed by atoms with E-state index in [4.69, 9.17) is 4.74 Å². The molecule has 0 heterocycles. The van der Waals surface area contributed by atoms with Crippen LogP contribution in [0.15, 0.2) is 54.6 Å². The highest BCUT2D eigenvalue weighted by Gasteiger charge is 2.07. The fourth-order valence-electron chi connectivity index (χ4n) is 2.45. The topological polar surface area (TPSA) is 96.5 Å². The molecule has 148 valence electrons. The Hall–Kier alpha value is -3.35. The van der Waals surface area contributed by atoms with Crippen LogP contribution in [-0.2, 0) is 4.79 Å². The van der Waals surface area contributed by atoms with Crippen molar-refractivity contribution >= 4 is 17.7 Å². The molecule has 0 fully saturated rings. The summed E-state index contributed by atoms with van der Waals surface area (Å²) >= 11 is 0. The van der Waals surface area contributed by atoms with Crippen molar-refractivity contribution in [1.29, 1.82) is 0 Å². The molecule has 7 heteroatoms. The Bertz CT molecular complexity index is 776. The standard InChI is InChI=1S/C21H25N3O4/c1-28-18-11-9-17(10-12-18)21(27)23-13-5-8-19(25)22-14-15-24-20(26)16-6-3-2-4-7-16/h2-4,6-7,9-12H,5,8,13-15H2,1H3,(H,22,25)(H,23,27)(H,24,26). The monoisotopic (exact) mass is 383 g/mol. The van der Waals surface area contributed by atoms with E-state index in [0.717, 1.165) is 0 Å². The van der Waals surface area contributed by atoms with Crippen molar-refractivity contribution in [2.24, 2.45) is 0 Å². The van der Waals surface area contributed by atoms with E-state index in [1.165, 1.54) is 0 Å². The lowest BCUT2D eigenvalue weighted by molar-refractivity contribution is -0.121. The van der Waals surface area contributed by atoms with Gasteiger partial charge in [-0.2, -0.15) is 0 Å². The molecule has 0 saturated carbocycles. The molecule has 2 aromatic carbocycles. The van der Waals surface area contributed by atoms with Gasteiger partial charge >= 0.3 is 0 Å². The van der Waals surface area contributed by atoms with Gasteiger partial charge in [0.1, 0.15) is 5.75 Å². The van der Waals surface area contributed by atoms with E-state index in [9.17, 15) is 14.4 Å². The summed E-state index contributed by atoms with van der Waals surface area (Å²) in [5.41, 5.74) is 1.13. The van der Waals surface area contributed by atoms with Crippen LogP contribution < -0.4 is 20.7 Å². The van der Waals surface area contributed by atoms with Gasteiger partial charge in [0, 0.05) is 37.2 Å². The quantitative estimate of drug-likeness (QED) is 0.545. The van der Waals surface area contributed by atoms with Crippen LogP contribution in [0, 0.1) is 0 Å². The summed E-state index contributed by atoms with van der Waals surface area (Å²) in [7, 11) is 1.57. The number of carbonyl (C=O) groups is 3. The summed E-state index contributed by atoms with van der Waals surface area (Å²) in [5, 5.41) is 8.26. The third-order valence-corrected chi connectivity index (χ3v) is 3.99. The second kappa shape index (κ2) is 11.4. The van der Waals surface area contributed by atoms with Crippen LogP contribution in [0.5, 0.6) is 5.75 Å². The second-order valence-corrected chi connectivity index (χ2v) is 6.06. The number of methoxy groups -OCH3 is 1. The van der Waals surface area contributed by atoms with E-state index >= 15 is 0 Å². The molecule has 0 aliphatic heterocycles. The van der Waals surface area contributed by atoms with Crippen molar-refractivity contribution in [3.8, 4) is 5.75 Å². The van der Waals surface area contributed by atoms with Crippen LogP contribution in [0.2, 0.25) is 0 Å². The lowest BCUT2D eigenvalue weighted by Crippen LogP contribution is -2.35. The Kier molecular flexibility index (Phi) is 8.52. The van der Waals surface area contributed by atoms with Crippen LogP contribution in [0.25, 0.3) is 0 Å². The van der Waals surface area contributed by atoms with Crippen LogP contribution in [-0.4, -0.2) is 44.5 Å². The summed E-state index contributed by atoms with van der Waals surface area (Å²) in [6.45, 7) is 1.12. The molecular weight excluding hydrogens is 358 g/mol. The Morgan fingerprint density at radius 1 is 0.750 bits per heavy atom. The maximum Gasteiger partial charge on any atom is 0.251 e. The number of hydrogen-bond donors (Lipinski definition) is 3. The van der Waals surface area contributed by atoms with Crippen molar-refractivity contribution in [1.82, 2.24) is 16.0 Å². The number of amides is 3. The highest BCUT2D eigenvalue weighted by Crippen LogP contribution is 2.11. The summed E-state index contributed by atoms with van der Waals surface area (Å²) < 4.78 is 5.05. The molecule has 28 heavy (non-hydrogen) atoms. The van der Waals surface area contributed by atoms with E-state index in [1.807, 2.05) is 6.07 Å². The van der Waals surface area contributed by atoms with Crippen LogP contribution >= 0.6 is 0 Å². The van der Waals surface area contributed by atoms with Crippen molar-refractivity contribution in [2.75, 3.05) is 26.7 Å². The van der Waals surface area contributed by atoms with Gasteiger partial charge in [-0.05, 0) is 42.8 Å². The van der Waals surface area contributed by atoms with Crippen molar-refractivity contribution < 1.29 is 19.1 Å². The average Bonchev–Trinajstić information content (AvgIpc) is 2.74. The maximum atomic E-state index is 12.0. The van der Waals surface area contributed by atoms with Crippen molar-refractivity contribution in [3.63, 3.8) is 0 Å². The van der Waals surface area contributed by atoms with Gasteiger partial charge in [0.05, 0.1) is 7.11 Å². The molecule has 0 radical (unpaired) electrons. The van der Waals surface area contributed by atoms with E-state index < -0.39 is 0 Å². The zero-order valence-electron chi connectivity index (χ0n) is 15.9. The molecule has 0 aromatic heterocycles. The largest absolute Gasteiger partial charge is 0.497 e. The first-order valence-corrected chi connectivity index (χ1v) is 9.12. The van der Waals surface area contributed by atoms with Crippen molar-refractivity contribution in [2.45, 2.75) is 12.8 Å². The molecule has 0 saturated heterocycles. The molecule has 0 bridgehead atoms. The maximum absolute atomic E-state index is 12.0. The highest BCUT2D eigenvalue weighted by molar-refractivity contribution is 5.94. The number of carbonyl (C=O) groups excluding carboxylic acids is 3. The summed E-state index contributed by atoms with van der Waals surface area (Å²) in [4.78, 5) is 35.6. The molecule has 3 N–H and O–H groups in total. The van der Waals surface area contributed by atoms with E-state index in [0.29, 0.717) is 49.4 Å². The lowest BCUT2D eigenvalue weighted by Gasteiger charge is -2.08. The molecule has 0 spiro atoms. The Labute approximate surface area is 164 Å². The number of ether oxygens (including phenoxy) is 1. The third-order valence-electron chi connectivity index (χ3n) is 3.99. The number of benzene rings is 2. The minimum atomic E-state index is -0.188. The summed E-state index contributed by atoms with van der Waals surface area (Å²) in [6.07, 6.45) is 0.833. The molecule has 0 aliphatic rings. The minimum absolute atomic E-state index is 0.118. The van der Waals surface area contributed by atoms with E-state index in [2.05, 4.69) is 16.0 Å². The van der Waals surface area contributed by atoms with E-state index in [-0.39, 0.29) is 17.7 Å². The average molecular weight is 383 g/mol. The van der Waals surface area contributed by atoms with Crippen LogP contribution in [0.4, 0.5) is 0 Å². The zero-order chi connectivity index (χ0) is 20.2. The molecule has 3 amide bonds. The summed E-state index contributed by atoms with van der Waals surface area (Å²) in [5.74, 6) is 0.212. The van der Waals surface area contributed by atoms with Gasteiger partial charge in [-0.3, -0.25) is 14.4 Å². The molecule has 0 atom stereocenters. The normalized spacial score (nSPS) is 10.0. The smallest absolute Gasteiger partial charge is 0.251 e. The third kappa shape index (κ3) is 7.11. The van der Waals surface area contributed by atoms with Gasteiger partial charge in [0.15, 0.2) is 0 Å². The van der Waals surface area contributed by atoms with Crippen LogP contribution in [0.3, 0.4) is 0 Å². The van der Waals surface area contributed by atoms with Gasteiger partial charge in [-0.1, -0.05) is 18.2 Å². The molecule has 0 unspecified atom stereocenters. The number of nitrogens with one attached hydrogen (secondary N) is 3. The number of rotatable bonds is 10. The van der Waals surface area contributed by atoms with Gasteiger partial charge < -0.3 is 20.7 Å². The zero-order valence-corrected chi connectivity index (χ0v) is 15.9. The number of hydrogen-bond acceptors (Lipinski definition) is 4. The van der Waals surface area contributed by atoms with Crippen molar-refractivity contribution in [3.05, 3.63) is 65.7 Å². The fourth-order valence-corrected chi connectivity index (χ4v) is 2.45. The molecule has 0 aliphatic carbocycles. The predicted molar refractivity (Wildman–Crippen MR) is 106 cm³/mol. The van der Waals surface area contributed by atoms with Gasteiger partial charge in [-0.15, -0.1) is 0 Å². The highest BCUT2D eigenvalue weighted by atomic mass is 16.5. The van der Waals surface area contributed by atoms with Gasteiger partial charge in [0.25, 0.3) is 11.8 Å². The van der Waals surface area contributed by atoms with Gasteiger partial charge in [-0.25, -0.2) is 0 Å². The first-order valence-electron chi connectivity index (χ1n) is 9.12. The Balaban J connectivity index is 1.55. The predicted octanol–water partition coefficient (Wildman–Crippen LogP) is 1.75. The second-order valence-electron chi connectivity index (χ2n) is 6.06.